The van der Waals surface area contributed by atoms with Crippen LogP contribution in [0.5, 0.6) is 0 Å². The molecule has 1 aliphatic carbocycles. The van der Waals surface area contributed by atoms with E-state index in [0.29, 0.717) is 0 Å². The summed E-state index contributed by atoms with van der Waals surface area (Å²) < 4.78 is 23.2. The summed E-state index contributed by atoms with van der Waals surface area (Å²) in [5, 5.41) is 0. The van der Waals surface area contributed by atoms with Crippen LogP contribution in [-0.4, -0.2) is 6.43 Å². The fourth-order valence-electron chi connectivity index (χ4n) is 1.43. The van der Waals surface area contributed by atoms with Crippen molar-refractivity contribution in [3.8, 4) is 11.8 Å². The molecule has 0 radical (unpaired) electrons. The Morgan fingerprint density at radius 2 is 1.73 bits per heavy atom. The van der Waals surface area contributed by atoms with E-state index in [2.05, 4.69) is 5.92 Å². The maximum Gasteiger partial charge on any atom is 0.298 e. The number of hydrogen-bond donors (Lipinski definition) is 0. The van der Waals surface area contributed by atoms with Gasteiger partial charge >= 0.3 is 0 Å². The summed E-state index contributed by atoms with van der Waals surface area (Å²) in [5.41, 5.74) is 0. The van der Waals surface area contributed by atoms with Gasteiger partial charge < -0.3 is 0 Å². The Kier molecular flexibility index (Phi) is 3.35. The largest absolute Gasteiger partial charge is 0.298 e. The molecular weight excluding hydrogens is 146 g/mol. The Bertz CT molecular complexity index is 158. The van der Waals surface area contributed by atoms with Gasteiger partial charge in [0.25, 0.3) is 6.43 Å². The second-order valence-corrected chi connectivity index (χ2v) is 2.92. The maximum atomic E-state index is 11.6. The molecule has 0 saturated heterocycles. The maximum absolute atomic E-state index is 11.6. The number of alkyl halides is 2. The predicted octanol–water partition coefficient (Wildman–Crippen LogP) is 2.84. The predicted molar refractivity (Wildman–Crippen MR) is 40.4 cm³/mol. The first kappa shape index (κ1) is 8.52. The van der Waals surface area contributed by atoms with Crippen LogP contribution in [0.3, 0.4) is 0 Å². The van der Waals surface area contributed by atoms with Crippen molar-refractivity contribution in [1.29, 1.82) is 0 Å². The molecule has 0 atom stereocenters. The van der Waals surface area contributed by atoms with Crippen LogP contribution < -0.4 is 0 Å². The molecule has 0 bridgehead atoms. The summed E-state index contributed by atoms with van der Waals surface area (Å²) in [6.07, 6.45) is 3.13. The summed E-state index contributed by atoms with van der Waals surface area (Å²) >= 11 is 0. The highest BCUT2D eigenvalue weighted by Crippen LogP contribution is 2.22. The number of rotatable bonds is 0. The van der Waals surface area contributed by atoms with Crippen LogP contribution in [0.25, 0.3) is 0 Å². The molecule has 0 aliphatic heterocycles. The topological polar surface area (TPSA) is 0 Å². The van der Waals surface area contributed by atoms with Crippen LogP contribution >= 0.6 is 0 Å². The SMILES string of the molecule is FC(F)C#CC1CCCCC1. The van der Waals surface area contributed by atoms with Crippen molar-refractivity contribution in [2.24, 2.45) is 5.92 Å². The molecule has 0 amide bonds. The highest BCUT2D eigenvalue weighted by molar-refractivity contribution is 5.06. The minimum absolute atomic E-state index is 0.248. The van der Waals surface area contributed by atoms with E-state index in [4.69, 9.17) is 0 Å². The smallest absolute Gasteiger partial charge is 0.196 e. The van der Waals surface area contributed by atoms with E-state index >= 15 is 0 Å². The van der Waals surface area contributed by atoms with Gasteiger partial charge in [0.1, 0.15) is 0 Å². The average Bonchev–Trinajstić information content (AvgIpc) is 2.03. The van der Waals surface area contributed by atoms with E-state index in [1.165, 1.54) is 6.42 Å². The van der Waals surface area contributed by atoms with Crippen LogP contribution in [0.4, 0.5) is 8.78 Å². The first-order valence-electron chi connectivity index (χ1n) is 4.08. The number of halogens is 2. The summed E-state index contributed by atoms with van der Waals surface area (Å²) in [6, 6.07) is 0. The molecule has 62 valence electrons. The van der Waals surface area contributed by atoms with Gasteiger partial charge in [-0.3, -0.25) is 0 Å². The highest BCUT2D eigenvalue weighted by atomic mass is 19.3. The molecule has 1 aliphatic rings. The van der Waals surface area contributed by atoms with E-state index in [9.17, 15) is 8.78 Å². The van der Waals surface area contributed by atoms with E-state index in [-0.39, 0.29) is 5.92 Å². The van der Waals surface area contributed by atoms with Gasteiger partial charge in [-0.25, -0.2) is 0 Å². The van der Waals surface area contributed by atoms with E-state index in [0.717, 1.165) is 25.7 Å². The van der Waals surface area contributed by atoms with Crippen LogP contribution in [0.1, 0.15) is 32.1 Å². The second-order valence-electron chi connectivity index (χ2n) is 2.92. The third-order valence-electron chi connectivity index (χ3n) is 2.00. The summed E-state index contributed by atoms with van der Waals surface area (Å²) in [6.45, 7) is 0. The third kappa shape index (κ3) is 3.36. The van der Waals surface area contributed by atoms with Crippen molar-refractivity contribution >= 4 is 0 Å². The zero-order chi connectivity index (χ0) is 8.10. The molecule has 0 aromatic heterocycles. The lowest BCUT2D eigenvalue weighted by atomic mass is 9.90. The minimum Gasteiger partial charge on any atom is -0.196 e. The summed E-state index contributed by atoms with van der Waals surface area (Å²) in [4.78, 5) is 0. The van der Waals surface area contributed by atoms with Crippen LogP contribution in [-0.2, 0) is 0 Å². The molecule has 11 heavy (non-hydrogen) atoms. The van der Waals surface area contributed by atoms with Gasteiger partial charge in [-0.1, -0.05) is 25.2 Å². The molecule has 1 fully saturated rings. The zero-order valence-corrected chi connectivity index (χ0v) is 6.45. The van der Waals surface area contributed by atoms with Crippen molar-refractivity contribution in [3.63, 3.8) is 0 Å². The van der Waals surface area contributed by atoms with Gasteiger partial charge in [0, 0.05) is 5.92 Å². The molecule has 0 aromatic rings. The van der Waals surface area contributed by atoms with Crippen molar-refractivity contribution in [3.05, 3.63) is 0 Å². The van der Waals surface area contributed by atoms with Gasteiger partial charge in [-0.2, -0.15) is 8.78 Å². The molecule has 0 spiro atoms. The second kappa shape index (κ2) is 4.33. The van der Waals surface area contributed by atoms with Crippen molar-refractivity contribution in [2.75, 3.05) is 0 Å². The zero-order valence-electron chi connectivity index (χ0n) is 6.45. The molecule has 1 rings (SSSR count). The summed E-state index contributed by atoms with van der Waals surface area (Å²) in [7, 11) is 0. The van der Waals surface area contributed by atoms with Gasteiger partial charge in [0.05, 0.1) is 0 Å². The average molecular weight is 158 g/mol. The molecule has 0 N–H and O–H groups in total. The Hall–Kier alpha value is -0.580. The lowest BCUT2D eigenvalue weighted by Crippen LogP contribution is -2.03. The Balaban J connectivity index is 2.31. The standard InChI is InChI=1S/C9H12F2/c10-9(11)7-6-8-4-2-1-3-5-8/h8-9H,1-5H2. The van der Waals surface area contributed by atoms with E-state index < -0.39 is 6.43 Å². The van der Waals surface area contributed by atoms with Crippen LogP contribution in [0.2, 0.25) is 0 Å². The van der Waals surface area contributed by atoms with E-state index in [1.807, 2.05) is 5.92 Å². The Morgan fingerprint density at radius 1 is 1.09 bits per heavy atom. The quantitative estimate of drug-likeness (QED) is 0.475. The molecular formula is C9H12F2. The van der Waals surface area contributed by atoms with Gasteiger partial charge in [-0.15, -0.1) is 0 Å². The van der Waals surface area contributed by atoms with Crippen molar-refractivity contribution < 1.29 is 8.78 Å². The fourth-order valence-corrected chi connectivity index (χ4v) is 1.43. The minimum atomic E-state index is -2.45. The molecule has 0 nitrogen and oxygen atoms in total. The normalized spacial score (nSPS) is 19.5. The first-order chi connectivity index (χ1) is 5.29. The highest BCUT2D eigenvalue weighted by Gasteiger charge is 2.10. The Labute approximate surface area is 66.0 Å². The van der Waals surface area contributed by atoms with E-state index in [1.54, 1.807) is 0 Å². The molecule has 2 heteroatoms. The fraction of sp³-hybridized carbons (Fsp3) is 0.778. The molecule has 0 unspecified atom stereocenters. The van der Waals surface area contributed by atoms with Gasteiger partial charge in [0.2, 0.25) is 0 Å². The molecule has 0 aromatic carbocycles. The van der Waals surface area contributed by atoms with Gasteiger partial charge in [0.15, 0.2) is 0 Å². The number of hydrogen-bond acceptors (Lipinski definition) is 0. The van der Waals surface area contributed by atoms with Crippen LogP contribution in [0, 0.1) is 17.8 Å². The summed E-state index contributed by atoms with van der Waals surface area (Å²) in [5.74, 6) is 4.80. The van der Waals surface area contributed by atoms with Crippen LogP contribution in [0.15, 0.2) is 0 Å². The molecule has 0 heterocycles. The molecule has 1 saturated carbocycles. The van der Waals surface area contributed by atoms with Crippen molar-refractivity contribution in [2.45, 2.75) is 38.5 Å². The van der Waals surface area contributed by atoms with Crippen molar-refractivity contribution in [1.82, 2.24) is 0 Å². The lowest BCUT2D eigenvalue weighted by Gasteiger charge is -2.15. The third-order valence-corrected chi connectivity index (χ3v) is 2.00. The first-order valence-corrected chi connectivity index (χ1v) is 4.08. The lowest BCUT2D eigenvalue weighted by molar-refractivity contribution is 0.214. The van der Waals surface area contributed by atoms with Gasteiger partial charge in [-0.05, 0) is 18.8 Å². The monoisotopic (exact) mass is 158 g/mol. The Morgan fingerprint density at radius 3 is 2.27 bits per heavy atom.